The van der Waals surface area contributed by atoms with E-state index in [0.717, 1.165) is 6.42 Å². The molecule has 0 bridgehead atoms. The molecule has 3 aromatic rings. The standard InChI is InChI=1S/C18H19FN6O3/c1-9-5-11(15(20)26)12(19)6-13(9)22-17-21-7-14-16(23-17)25(18(27)24(14)2)10-3-4-28-8-10/h5-7,10H,3-4,8H2,1-2H3,(H2,20,26)(H,21,22,23)/t10-/m0/s1. The van der Waals surface area contributed by atoms with Crippen LogP contribution in [0.1, 0.15) is 28.4 Å². The zero-order valence-electron chi connectivity index (χ0n) is 15.4. The second-order valence-corrected chi connectivity index (χ2v) is 6.77. The minimum atomic E-state index is -0.836. The van der Waals surface area contributed by atoms with Gasteiger partial charge in [0, 0.05) is 19.3 Å². The van der Waals surface area contributed by atoms with Gasteiger partial charge in [-0.25, -0.2) is 14.2 Å². The summed E-state index contributed by atoms with van der Waals surface area (Å²) in [5, 5.41) is 2.95. The lowest BCUT2D eigenvalue weighted by atomic mass is 10.1. The van der Waals surface area contributed by atoms with E-state index >= 15 is 0 Å². The number of fused-ring (bicyclic) bond motifs is 1. The summed E-state index contributed by atoms with van der Waals surface area (Å²) < 4.78 is 22.6. The van der Waals surface area contributed by atoms with E-state index in [9.17, 15) is 14.0 Å². The number of ether oxygens (including phenoxy) is 1. The molecule has 10 heteroatoms. The number of hydrogen-bond acceptors (Lipinski definition) is 6. The molecule has 9 nitrogen and oxygen atoms in total. The second-order valence-electron chi connectivity index (χ2n) is 6.77. The number of aromatic nitrogens is 4. The molecule has 0 aliphatic carbocycles. The van der Waals surface area contributed by atoms with Crippen LogP contribution in [-0.2, 0) is 11.8 Å². The molecule has 1 fully saturated rings. The normalized spacial score (nSPS) is 16.6. The van der Waals surface area contributed by atoms with E-state index in [-0.39, 0.29) is 23.2 Å². The van der Waals surface area contributed by atoms with Gasteiger partial charge < -0.3 is 15.8 Å². The molecule has 1 aliphatic rings. The van der Waals surface area contributed by atoms with Gasteiger partial charge in [0.15, 0.2) is 5.65 Å². The maximum Gasteiger partial charge on any atom is 0.330 e. The summed E-state index contributed by atoms with van der Waals surface area (Å²) in [6.07, 6.45) is 2.27. The predicted molar refractivity (Wildman–Crippen MR) is 100 cm³/mol. The average molecular weight is 386 g/mol. The van der Waals surface area contributed by atoms with Crippen LogP contribution in [0, 0.1) is 12.7 Å². The molecule has 1 amide bonds. The molecule has 3 N–H and O–H groups in total. The molecule has 1 aromatic carbocycles. The maximum absolute atomic E-state index is 14.1. The first-order valence-corrected chi connectivity index (χ1v) is 8.75. The average Bonchev–Trinajstić information content (AvgIpc) is 3.25. The van der Waals surface area contributed by atoms with Gasteiger partial charge in [0.05, 0.1) is 24.4 Å². The van der Waals surface area contributed by atoms with Gasteiger partial charge in [0.2, 0.25) is 5.95 Å². The zero-order valence-corrected chi connectivity index (χ0v) is 15.4. The number of imidazole rings is 1. The van der Waals surface area contributed by atoms with Gasteiger partial charge in [-0.05, 0) is 31.0 Å². The van der Waals surface area contributed by atoms with Gasteiger partial charge in [0.25, 0.3) is 5.91 Å². The van der Waals surface area contributed by atoms with Crippen LogP contribution in [0.5, 0.6) is 0 Å². The van der Waals surface area contributed by atoms with Crippen molar-refractivity contribution in [3.63, 3.8) is 0 Å². The number of nitrogens with zero attached hydrogens (tertiary/aromatic N) is 4. The summed E-state index contributed by atoms with van der Waals surface area (Å²) >= 11 is 0. The molecule has 0 unspecified atom stereocenters. The lowest BCUT2D eigenvalue weighted by Crippen LogP contribution is -2.26. The molecule has 1 aliphatic heterocycles. The SMILES string of the molecule is Cc1cc(C(N)=O)c(F)cc1Nc1ncc2c(n1)n([C@H]1CCOC1)c(=O)n2C. The van der Waals surface area contributed by atoms with Crippen LogP contribution in [0.2, 0.25) is 0 Å². The number of nitrogens with two attached hydrogens (primary N) is 1. The molecule has 1 saturated heterocycles. The van der Waals surface area contributed by atoms with Crippen molar-refractivity contribution in [3.05, 3.63) is 45.8 Å². The number of rotatable bonds is 4. The quantitative estimate of drug-likeness (QED) is 0.700. The largest absolute Gasteiger partial charge is 0.379 e. The summed E-state index contributed by atoms with van der Waals surface area (Å²) in [7, 11) is 1.66. The number of nitrogens with one attached hydrogen (secondary N) is 1. The van der Waals surface area contributed by atoms with Crippen LogP contribution >= 0.6 is 0 Å². The van der Waals surface area contributed by atoms with E-state index in [0.29, 0.717) is 35.6 Å². The van der Waals surface area contributed by atoms with E-state index in [1.807, 2.05) is 0 Å². The summed E-state index contributed by atoms with van der Waals surface area (Å²) in [6.45, 7) is 2.75. The Morgan fingerprint density at radius 1 is 1.43 bits per heavy atom. The van der Waals surface area contributed by atoms with Gasteiger partial charge in [-0.3, -0.25) is 13.9 Å². The summed E-state index contributed by atoms with van der Waals surface area (Å²) in [5.41, 5.74) is 6.87. The molecule has 28 heavy (non-hydrogen) atoms. The first-order valence-electron chi connectivity index (χ1n) is 8.75. The number of primary amides is 1. The van der Waals surface area contributed by atoms with Gasteiger partial charge in [-0.1, -0.05) is 0 Å². The van der Waals surface area contributed by atoms with Crippen LogP contribution in [0.25, 0.3) is 11.2 Å². The number of benzene rings is 1. The van der Waals surface area contributed by atoms with Crippen molar-refractivity contribution in [1.29, 1.82) is 0 Å². The Morgan fingerprint density at radius 3 is 2.89 bits per heavy atom. The molecule has 0 saturated carbocycles. The smallest absolute Gasteiger partial charge is 0.330 e. The number of anilines is 2. The molecule has 4 rings (SSSR count). The van der Waals surface area contributed by atoms with Gasteiger partial charge >= 0.3 is 5.69 Å². The minimum Gasteiger partial charge on any atom is -0.379 e. The molecule has 3 heterocycles. The van der Waals surface area contributed by atoms with E-state index < -0.39 is 11.7 Å². The van der Waals surface area contributed by atoms with Crippen molar-refractivity contribution in [3.8, 4) is 0 Å². The van der Waals surface area contributed by atoms with Crippen molar-refractivity contribution >= 4 is 28.7 Å². The third kappa shape index (κ3) is 2.91. The van der Waals surface area contributed by atoms with Crippen molar-refractivity contribution < 1.29 is 13.9 Å². The van der Waals surface area contributed by atoms with Gasteiger partial charge in [0.1, 0.15) is 11.3 Å². The third-order valence-corrected chi connectivity index (χ3v) is 4.93. The van der Waals surface area contributed by atoms with Crippen LogP contribution in [0.15, 0.2) is 23.1 Å². The van der Waals surface area contributed by atoms with Crippen LogP contribution < -0.4 is 16.7 Å². The number of aryl methyl sites for hydroxylation is 2. The Bertz CT molecular complexity index is 1150. The molecule has 1 atom stereocenters. The van der Waals surface area contributed by atoms with Gasteiger partial charge in [-0.15, -0.1) is 0 Å². The van der Waals surface area contributed by atoms with E-state index in [1.165, 1.54) is 16.7 Å². The Balaban J connectivity index is 1.76. The first-order chi connectivity index (χ1) is 13.4. The Kier molecular flexibility index (Phi) is 4.34. The summed E-state index contributed by atoms with van der Waals surface area (Å²) in [6, 6.07) is 2.45. The van der Waals surface area contributed by atoms with Crippen LogP contribution in [-0.4, -0.2) is 38.2 Å². The van der Waals surface area contributed by atoms with E-state index in [4.69, 9.17) is 10.5 Å². The highest BCUT2D eigenvalue weighted by Crippen LogP contribution is 2.25. The lowest BCUT2D eigenvalue weighted by molar-refractivity contribution is 0.0996. The lowest BCUT2D eigenvalue weighted by Gasteiger charge is -2.12. The highest BCUT2D eigenvalue weighted by atomic mass is 19.1. The predicted octanol–water partition coefficient (Wildman–Crippen LogP) is 1.38. The number of carbonyl (C=O) groups excluding carboxylic acids is 1. The zero-order chi connectivity index (χ0) is 20.0. The highest BCUT2D eigenvalue weighted by molar-refractivity contribution is 5.94. The number of amides is 1. The van der Waals surface area contributed by atoms with Crippen molar-refractivity contribution in [2.24, 2.45) is 12.8 Å². The molecular weight excluding hydrogens is 367 g/mol. The Hall–Kier alpha value is -3.27. The fourth-order valence-corrected chi connectivity index (χ4v) is 3.38. The van der Waals surface area contributed by atoms with Crippen molar-refractivity contribution in [2.45, 2.75) is 19.4 Å². The molecule has 0 spiro atoms. The fourth-order valence-electron chi connectivity index (χ4n) is 3.38. The first kappa shape index (κ1) is 18.1. The van der Waals surface area contributed by atoms with Gasteiger partial charge in [-0.2, -0.15) is 4.98 Å². The minimum absolute atomic E-state index is 0.0898. The van der Waals surface area contributed by atoms with Crippen LogP contribution in [0.4, 0.5) is 16.0 Å². The van der Waals surface area contributed by atoms with Crippen LogP contribution in [0.3, 0.4) is 0 Å². The molecule has 146 valence electrons. The second kappa shape index (κ2) is 6.71. The fraction of sp³-hybridized carbons (Fsp3) is 0.333. The molecule has 2 aromatic heterocycles. The highest BCUT2D eigenvalue weighted by Gasteiger charge is 2.24. The number of halogens is 1. The summed E-state index contributed by atoms with van der Waals surface area (Å²) in [4.78, 5) is 32.6. The van der Waals surface area contributed by atoms with E-state index in [1.54, 1.807) is 24.7 Å². The monoisotopic (exact) mass is 386 g/mol. The Labute approximate surface area is 158 Å². The van der Waals surface area contributed by atoms with Crippen molar-refractivity contribution in [2.75, 3.05) is 18.5 Å². The molecular formula is C18H19FN6O3. The Morgan fingerprint density at radius 2 is 2.21 bits per heavy atom. The van der Waals surface area contributed by atoms with E-state index in [2.05, 4.69) is 15.3 Å². The topological polar surface area (TPSA) is 117 Å². The third-order valence-electron chi connectivity index (χ3n) is 4.93. The number of hydrogen-bond donors (Lipinski definition) is 2. The number of carbonyl (C=O) groups is 1. The maximum atomic E-state index is 14.1. The van der Waals surface area contributed by atoms with Crippen molar-refractivity contribution in [1.82, 2.24) is 19.1 Å². The summed E-state index contributed by atoms with van der Waals surface area (Å²) in [5.74, 6) is -1.36. The molecule has 0 radical (unpaired) electrons.